The predicted octanol–water partition coefficient (Wildman–Crippen LogP) is 3.91. The van der Waals surface area contributed by atoms with Crippen LogP contribution in [0.25, 0.3) is 11.0 Å². The van der Waals surface area contributed by atoms with Crippen molar-refractivity contribution in [3.8, 4) is 5.75 Å². The minimum atomic E-state index is 0.141. The van der Waals surface area contributed by atoms with Gasteiger partial charge in [0.1, 0.15) is 11.3 Å². The van der Waals surface area contributed by atoms with Gasteiger partial charge in [0, 0.05) is 13.2 Å². The number of nitrogens with one attached hydrogen (secondary N) is 1. The third kappa shape index (κ3) is 3.47. The van der Waals surface area contributed by atoms with Gasteiger partial charge < -0.3 is 19.0 Å². The Bertz CT molecular complexity index is 670. The zero-order valence-corrected chi connectivity index (χ0v) is 13.4. The monoisotopic (exact) mass is 306 g/mol. The van der Waals surface area contributed by atoms with Gasteiger partial charge in [-0.05, 0) is 57.0 Å². The fourth-order valence-electron chi connectivity index (χ4n) is 2.42. The van der Waals surface area contributed by atoms with Crippen LogP contribution in [0.2, 0.25) is 0 Å². The van der Waals surface area contributed by atoms with Gasteiger partial charge in [-0.3, -0.25) is 0 Å². The van der Waals surface area contributed by atoms with Crippen molar-refractivity contribution in [1.29, 1.82) is 0 Å². The SMILES string of the molecule is CC(C)Oc1cccc2c1[nH]c(=S)n2CCOCC1CC1. The van der Waals surface area contributed by atoms with Gasteiger partial charge in [0.25, 0.3) is 0 Å². The average Bonchev–Trinajstić information content (AvgIpc) is 3.19. The summed E-state index contributed by atoms with van der Waals surface area (Å²) in [5.74, 6) is 1.65. The summed E-state index contributed by atoms with van der Waals surface area (Å²) in [6.07, 6.45) is 2.79. The van der Waals surface area contributed by atoms with Crippen LogP contribution in [0.4, 0.5) is 0 Å². The maximum atomic E-state index is 5.84. The lowest BCUT2D eigenvalue weighted by atomic mass is 10.3. The largest absolute Gasteiger partial charge is 0.489 e. The van der Waals surface area contributed by atoms with Crippen molar-refractivity contribution in [2.45, 2.75) is 39.3 Å². The van der Waals surface area contributed by atoms with Gasteiger partial charge in [-0.2, -0.15) is 0 Å². The Kier molecular flexibility index (Phi) is 4.31. The highest BCUT2D eigenvalue weighted by Gasteiger charge is 2.21. The number of aromatic nitrogens is 2. The molecule has 1 aromatic heterocycles. The van der Waals surface area contributed by atoms with Crippen LogP contribution in [0, 0.1) is 10.7 Å². The molecule has 0 saturated heterocycles. The molecule has 1 fully saturated rings. The van der Waals surface area contributed by atoms with Crippen LogP contribution in [0.3, 0.4) is 0 Å². The molecule has 1 saturated carbocycles. The molecule has 0 atom stereocenters. The van der Waals surface area contributed by atoms with E-state index in [4.69, 9.17) is 21.7 Å². The Balaban J connectivity index is 1.77. The molecule has 114 valence electrons. The van der Waals surface area contributed by atoms with Gasteiger partial charge in [-0.15, -0.1) is 0 Å². The molecule has 1 N–H and O–H groups in total. The molecular formula is C16H22N2O2S. The molecule has 0 bridgehead atoms. The van der Waals surface area contributed by atoms with Gasteiger partial charge in [0.15, 0.2) is 4.77 Å². The van der Waals surface area contributed by atoms with Crippen molar-refractivity contribution < 1.29 is 9.47 Å². The Hall–Kier alpha value is -1.33. The Morgan fingerprint density at radius 3 is 2.90 bits per heavy atom. The van der Waals surface area contributed by atoms with Crippen LogP contribution >= 0.6 is 12.2 Å². The quantitative estimate of drug-likeness (QED) is 0.622. The number of aromatic amines is 1. The Labute approximate surface area is 130 Å². The molecule has 5 heteroatoms. The zero-order chi connectivity index (χ0) is 14.8. The van der Waals surface area contributed by atoms with Gasteiger partial charge in [-0.1, -0.05) is 6.07 Å². The number of rotatable bonds is 7. The molecule has 1 heterocycles. The van der Waals surface area contributed by atoms with E-state index in [1.54, 1.807) is 0 Å². The highest BCUT2D eigenvalue weighted by molar-refractivity contribution is 7.71. The van der Waals surface area contributed by atoms with Crippen LogP contribution in [-0.2, 0) is 11.3 Å². The maximum absolute atomic E-state index is 5.84. The Morgan fingerprint density at radius 2 is 2.19 bits per heavy atom. The van der Waals surface area contributed by atoms with Crippen molar-refractivity contribution >= 4 is 23.3 Å². The molecule has 0 unspecified atom stereocenters. The number of benzene rings is 1. The van der Waals surface area contributed by atoms with Crippen LogP contribution < -0.4 is 4.74 Å². The minimum Gasteiger partial charge on any atom is -0.489 e. The lowest BCUT2D eigenvalue weighted by Gasteiger charge is -2.10. The Morgan fingerprint density at radius 1 is 1.38 bits per heavy atom. The molecule has 4 nitrogen and oxygen atoms in total. The van der Waals surface area contributed by atoms with E-state index in [2.05, 4.69) is 15.6 Å². The zero-order valence-electron chi connectivity index (χ0n) is 12.6. The number of imidazole rings is 1. The lowest BCUT2D eigenvalue weighted by molar-refractivity contribution is 0.117. The summed E-state index contributed by atoms with van der Waals surface area (Å²) in [5, 5.41) is 0. The molecule has 1 aromatic carbocycles. The summed E-state index contributed by atoms with van der Waals surface area (Å²) >= 11 is 5.44. The van der Waals surface area contributed by atoms with E-state index in [-0.39, 0.29) is 6.10 Å². The van der Waals surface area contributed by atoms with E-state index in [1.165, 1.54) is 12.8 Å². The topological polar surface area (TPSA) is 39.2 Å². The standard InChI is InChI=1S/C16H22N2O2S/c1-11(2)20-14-5-3-4-13-15(14)17-16(21)18(13)8-9-19-10-12-6-7-12/h3-5,11-12H,6-10H2,1-2H3,(H,17,21). The first-order valence-electron chi connectivity index (χ1n) is 7.61. The van der Waals surface area contributed by atoms with E-state index >= 15 is 0 Å². The van der Waals surface area contributed by atoms with Crippen molar-refractivity contribution in [3.63, 3.8) is 0 Å². The molecule has 0 spiro atoms. The highest BCUT2D eigenvalue weighted by atomic mass is 32.1. The van der Waals surface area contributed by atoms with E-state index in [1.807, 2.05) is 26.0 Å². The molecule has 1 aliphatic carbocycles. The molecule has 0 amide bonds. The molecule has 3 rings (SSSR count). The van der Waals surface area contributed by atoms with E-state index < -0.39 is 0 Å². The summed E-state index contributed by atoms with van der Waals surface area (Å²) in [5.41, 5.74) is 2.05. The fourth-order valence-corrected chi connectivity index (χ4v) is 2.71. The second kappa shape index (κ2) is 6.20. The normalized spacial score (nSPS) is 15.0. The first-order chi connectivity index (χ1) is 10.1. The first-order valence-corrected chi connectivity index (χ1v) is 8.02. The number of hydrogen-bond donors (Lipinski definition) is 1. The van der Waals surface area contributed by atoms with E-state index in [0.29, 0.717) is 6.61 Å². The predicted molar refractivity (Wildman–Crippen MR) is 86.4 cm³/mol. The number of nitrogens with zero attached hydrogens (tertiary/aromatic N) is 1. The van der Waals surface area contributed by atoms with Crippen molar-refractivity contribution in [1.82, 2.24) is 9.55 Å². The summed E-state index contributed by atoms with van der Waals surface area (Å²) in [6.45, 7) is 6.41. The molecule has 0 aliphatic heterocycles. The number of H-pyrrole nitrogens is 1. The van der Waals surface area contributed by atoms with Crippen LogP contribution in [0.5, 0.6) is 5.75 Å². The van der Waals surface area contributed by atoms with Gasteiger partial charge in [-0.25, -0.2) is 0 Å². The van der Waals surface area contributed by atoms with Crippen LogP contribution in [0.1, 0.15) is 26.7 Å². The van der Waals surface area contributed by atoms with Gasteiger partial charge >= 0.3 is 0 Å². The van der Waals surface area contributed by atoms with Crippen LogP contribution in [-0.4, -0.2) is 28.9 Å². The van der Waals surface area contributed by atoms with Gasteiger partial charge in [0.05, 0.1) is 18.2 Å². The average molecular weight is 306 g/mol. The first kappa shape index (κ1) is 14.6. The van der Waals surface area contributed by atoms with E-state index in [0.717, 1.165) is 40.6 Å². The maximum Gasteiger partial charge on any atom is 0.178 e. The fraction of sp³-hybridized carbons (Fsp3) is 0.562. The molecule has 0 radical (unpaired) electrons. The summed E-state index contributed by atoms with van der Waals surface area (Å²) in [4.78, 5) is 3.26. The third-order valence-corrected chi connectivity index (χ3v) is 3.97. The van der Waals surface area contributed by atoms with Crippen molar-refractivity contribution in [3.05, 3.63) is 23.0 Å². The summed E-state index contributed by atoms with van der Waals surface area (Å²) in [6, 6.07) is 6.04. The van der Waals surface area contributed by atoms with E-state index in [9.17, 15) is 0 Å². The molecule has 1 aliphatic rings. The molecule has 21 heavy (non-hydrogen) atoms. The highest BCUT2D eigenvalue weighted by Crippen LogP contribution is 2.29. The number of ether oxygens (including phenoxy) is 2. The van der Waals surface area contributed by atoms with Crippen LogP contribution in [0.15, 0.2) is 18.2 Å². The third-order valence-electron chi connectivity index (χ3n) is 3.64. The van der Waals surface area contributed by atoms with Crippen molar-refractivity contribution in [2.75, 3.05) is 13.2 Å². The van der Waals surface area contributed by atoms with Gasteiger partial charge in [0.2, 0.25) is 0 Å². The summed E-state index contributed by atoms with van der Waals surface area (Å²) < 4.78 is 14.4. The molecule has 2 aromatic rings. The number of para-hydroxylation sites is 1. The number of fused-ring (bicyclic) bond motifs is 1. The second-order valence-corrected chi connectivity index (χ2v) is 6.30. The number of hydrogen-bond acceptors (Lipinski definition) is 3. The lowest BCUT2D eigenvalue weighted by Crippen LogP contribution is -2.08. The van der Waals surface area contributed by atoms with Crippen molar-refractivity contribution in [2.24, 2.45) is 5.92 Å². The molecular weight excluding hydrogens is 284 g/mol. The smallest absolute Gasteiger partial charge is 0.178 e. The second-order valence-electron chi connectivity index (χ2n) is 5.92. The summed E-state index contributed by atoms with van der Waals surface area (Å²) in [7, 11) is 0. The minimum absolute atomic E-state index is 0.141.